The van der Waals surface area contributed by atoms with Crippen LogP contribution in [0, 0.1) is 0 Å². The van der Waals surface area contributed by atoms with Gasteiger partial charge >= 0.3 is 29.6 Å². The number of aromatic carboxylic acids is 1. The molecule has 0 amide bonds. The summed E-state index contributed by atoms with van der Waals surface area (Å²) in [5.74, 6) is 0.426. The third kappa shape index (κ3) is 4.33. The Morgan fingerprint density at radius 1 is 1.08 bits per heavy atom. The summed E-state index contributed by atoms with van der Waals surface area (Å²) >= 11 is 0. The third-order valence-corrected chi connectivity index (χ3v) is 4.94. The van der Waals surface area contributed by atoms with Crippen LogP contribution in [0.25, 0.3) is 0 Å². The topological polar surface area (TPSA) is 49.4 Å². The quantitative estimate of drug-likeness (QED) is 0.599. The van der Waals surface area contributed by atoms with Crippen LogP contribution in [0.3, 0.4) is 0 Å². The van der Waals surface area contributed by atoms with Gasteiger partial charge in [0.25, 0.3) is 0 Å². The third-order valence-electron chi connectivity index (χ3n) is 4.94. The molecule has 2 aromatic rings. The molecule has 4 heteroatoms. The van der Waals surface area contributed by atoms with E-state index in [1.807, 2.05) is 24.3 Å². The maximum atomic E-state index is 12.0. The normalized spacial score (nSPS) is 11.8. The second kappa shape index (κ2) is 9.59. The van der Waals surface area contributed by atoms with Crippen LogP contribution in [0.4, 0.5) is 0 Å². The van der Waals surface area contributed by atoms with E-state index in [0.29, 0.717) is 17.7 Å². The number of carboxylic acid groups (broad SMARTS) is 1. The zero-order valence-electron chi connectivity index (χ0n) is 16.1. The number of rotatable bonds is 7. The predicted molar refractivity (Wildman–Crippen MR) is 97.3 cm³/mol. The summed E-state index contributed by atoms with van der Waals surface area (Å²) in [5.41, 5.74) is 4.22. The molecule has 0 saturated carbocycles. The van der Waals surface area contributed by atoms with Gasteiger partial charge in [0.2, 0.25) is 0 Å². The van der Waals surface area contributed by atoms with Gasteiger partial charge in [0, 0.05) is 17.5 Å². The summed E-state index contributed by atoms with van der Waals surface area (Å²) in [6.45, 7) is 4.28. The van der Waals surface area contributed by atoms with Crippen molar-refractivity contribution in [1.29, 1.82) is 0 Å². The number of aryl methyl sites for hydroxylation is 1. The number of carbonyl (C=O) groups excluding carboxylic acids is 1. The van der Waals surface area contributed by atoms with Crippen molar-refractivity contribution in [2.45, 2.75) is 58.8 Å². The van der Waals surface area contributed by atoms with Crippen LogP contribution in [0.15, 0.2) is 30.3 Å². The smallest absolute Gasteiger partial charge is 0.545 e. The van der Waals surface area contributed by atoms with Gasteiger partial charge in [-0.25, -0.2) is 0 Å². The van der Waals surface area contributed by atoms with Gasteiger partial charge in [-0.2, -0.15) is 0 Å². The van der Waals surface area contributed by atoms with Gasteiger partial charge in [0.05, 0.1) is 5.97 Å². The van der Waals surface area contributed by atoms with Crippen LogP contribution < -0.4 is 39.4 Å². The molecule has 1 heterocycles. The van der Waals surface area contributed by atoms with E-state index in [1.165, 1.54) is 0 Å². The minimum atomic E-state index is -1.08. The molecule has 3 rings (SSSR count). The summed E-state index contributed by atoms with van der Waals surface area (Å²) in [6.07, 6.45) is 6.39. The Kier molecular flexibility index (Phi) is 7.75. The minimum absolute atomic E-state index is 0. The Hall–Kier alpha value is -1.29. The molecule has 0 aliphatic carbocycles. The molecule has 0 N–H and O–H groups in total. The first-order valence-electron chi connectivity index (χ1n) is 9.30. The van der Waals surface area contributed by atoms with Crippen LogP contribution in [0.2, 0.25) is 0 Å². The summed E-state index contributed by atoms with van der Waals surface area (Å²) in [7, 11) is 0. The Morgan fingerprint density at radius 3 is 2.46 bits per heavy atom. The molecule has 0 spiro atoms. The second-order valence-electron chi connectivity index (χ2n) is 6.75. The van der Waals surface area contributed by atoms with Gasteiger partial charge in [-0.1, -0.05) is 44.9 Å². The number of benzene rings is 2. The molecule has 1 aliphatic heterocycles. The minimum Gasteiger partial charge on any atom is -0.545 e. The fraction of sp³-hybridized carbons (Fsp3) is 0.409. The monoisotopic (exact) mass is 360 g/mol. The summed E-state index contributed by atoms with van der Waals surface area (Å²) in [4.78, 5) is 12.0. The van der Waals surface area contributed by atoms with E-state index in [-0.39, 0.29) is 29.6 Å². The number of ether oxygens (including phenoxy) is 1. The van der Waals surface area contributed by atoms with Crippen molar-refractivity contribution in [3.05, 3.63) is 58.1 Å². The van der Waals surface area contributed by atoms with Crippen LogP contribution in [0.1, 0.15) is 72.1 Å². The molecule has 0 atom stereocenters. The molecule has 1 aliphatic rings. The number of fused-ring (bicyclic) bond motifs is 2. The maximum absolute atomic E-state index is 12.0. The predicted octanol–water partition coefficient (Wildman–Crippen LogP) is 1.44. The molecule has 0 fully saturated rings. The molecule has 0 saturated heterocycles. The zero-order chi connectivity index (χ0) is 17.8. The van der Waals surface area contributed by atoms with E-state index in [2.05, 4.69) is 19.9 Å². The molecular formula is C22H25NaO3. The summed E-state index contributed by atoms with van der Waals surface area (Å²) in [5, 5.41) is 12.0. The van der Waals surface area contributed by atoms with E-state index < -0.39 is 5.97 Å². The van der Waals surface area contributed by atoms with Crippen molar-refractivity contribution in [2.24, 2.45) is 0 Å². The van der Waals surface area contributed by atoms with E-state index >= 15 is 0 Å². The molecule has 132 valence electrons. The van der Waals surface area contributed by atoms with Gasteiger partial charge in [0.15, 0.2) is 0 Å². The van der Waals surface area contributed by atoms with Crippen molar-refractivity contribution < 1.29 is 44.2 Å². The number of hydrogen-bond donors (Lipinski definition) is 0. The van der Waals surface area contributed by atoms with Gasteiger partial charge in [-0.15, -0.1) is 0 Å². The molecular weight excluding hydrogens is 335 g/mol. The van der Waals surface area contributed by atoms with Gasteiger partial charge in [-0.3, -0.25) is 0 Å². The van der Waals surface area contributed by atoms with Gasteiger partial charge in [-0.05, 0) is 54.5 Å². The van der Waals surface area contributed by atoms with E-state index in [0.717, 1.165) is 66.5 Å². The standard InChI is InChI=1S/C22H26O3.Na/c1-3-5-9-15-14-20-18(13-16-10-7-8-12-19(16)25-20)21(22(23)24)17(15)11-6-4-2;/h7-8,10,12,14H,3-6,9,11,13H2,1-2H3,(H,23,24);/q;+1/p-1. The van der Waals surface area contributed by atoms with Crippen LogP contribution >= 0.6 is 0 Å². The largest absolute Gasteiger partial charge is 1.00 e. The second-order valence-corrected chi connectivity index (χ2v) is 6.75. The average molecular weight is 360 g/mol. The summed E-state index contributed by atoms with van der Waals surface area (Å²) < 4.78 is 6.06. The van der Waals surface area contributed by atoms with Gasteiger partial charge in [0.1, 0.15) is 11.5 Å². The first kappa shape index (κ1) is 21.0. The van der Waals surface area contributed by atoms with E-state index in [9.17, 15) is 9.90 Å². The summed E-state index contributed by atoms with van der Waals surface area (Å²) in [6, 6.07) is 9.90. The number of para-hydroxylation sites is 1. The molecule has 0 radical (unpaired) electrons. The number of carboxylic acids is 1. The molecule has 0 unspecified atom stereocenters. The van der Waals surface area contributed by atoms with Crippen LogP contribution in [-0.4, -0.2) is 5.97 Å². The van der Waals surface area contributed by atoms with Crippen LogP contribution in [-0.2, 0) is 19.3 Å². The Morgan fingerprint density at radius 2 is 1.77 bits per heavy atom. The first-order valence-corrected chi connectivity index (χ1v) is 9.30. The fourth-order valence-corrected chi connectivity index (χ4v) is 3.60. The SMILES string of the molecule is CCCCc1cc2c(c(C(=O)[O-])c1CCCC)Cc1ccccc1O2.[Na+]. The molecule has 0 aromatic heterocycles. The fourth-order valence-electron chi connectivity index (χ4n) is 3.60. The molecule has 3 nitrogen and oxygen atoms in total. The zero-order valence-corrected chi connectivity index (χ0v) is 18.1. The molecule has 2 aromatic carbocycles. The van der Waals surface area contributed by atoms with Crippen molar-refractivity contribution in [2.75, 3.05) is 0 Å². The maximum Gasteiger partial charge on any atom is 1.00 e. The average Bonchev–Trinajstić information content (AvgIpc) is 2.62. The Balaban J connectivity index is 0.00000243. The number of hydrogen-bond acceptors (Lipinski definition) is 3. The molecule has 0 bridgehead atoms. The van der Waals surface area contributed by atoms with E-state index in [1.54, 1.807) is 0 Å². The van der Waals surface area contributed by atoms with Crippen LogP contribution in [0.5, 0.6) is 11.5 Å². The van der Waals surface area contributed by atoms with Crippen molar-refractivity contribution in [3.63, 3.8) is 0 Å². The Labute approximate surface area is 178 Å². The molecule has 26 heavy (non-hydrogen) atoms. The Bertz CT molecular complexity index is 783. The van der Waals surface area contributed by atoms with Crippen molar-refractivity contribution in [3.8, 4) is 11.5 Å². The van der Waals surface area contributed by atoms with E-state index in [4.69, 9.17) is 4.74 Å². The van der Waals surface area contributed by atoms with Crippen molar-refractivity contribution in [1.82, 2.24) is 0 Å². The number of unbranched alkanes of at least 4 members (excludes halogenated alkanes) is 2. The number of carbonyl (C=O) groups is 1. The first-order chi connectivity index (χ1) is 12.2. The van der Waals surface area contributed by atoms with Gasteiger partial charge < -0.3 is 14.6 Å². The van der Waals surface area contributed by atoms with Crippen molar-refractivity contribution >= 4 is 5.97 Å².